The van der Waals surface area contributed by atoms with Gasteiger partial charge in [-0.25, -0.2) is 4.39 Å². The molecular formula is C13H13F2IO2. The molecule has 1 fully saturated rings. The van der Waals surface area contributed by atoms with Gasteiger partial charge in [0.15, 0.2) is 16.0 Å². The Balaban J connectivity index is 2.01. The number of hydrogen-bond acceptors (Lipinski definition) is 2. The Morgan fingerprint density at radius 1 is 1.22 bits per heavy atom. The van der Waals surface area contributed by atoms with Crippen LogP contribution in [-0.4, -0.2) is 12.9 Å². The number of benzene rings is 1. The van der Waals surface area contributed by atoms with Gasteiger partial charge in [0.2, 0.25) is 0 Å². The second-order valence-electron chi connectivity index (χ2n) is 4.01. The van der Waals surface area contributed by atoms with Crippen LogP contribution in [0.1, 0.15) is 24.8 Å². The van der Waals surface area contributed by atoms with E-state index in [4.69, 9.17) is 9.47 Å². The molecule has 98 valence electrons. The maximum Gasteiger partial charge on any atom is 0.199 e. The summed E-state index contributed by atoms with van der Waals surface area (Å²) in [6.07, 6.45) is 2.77. The third-order valence-electron chi connectivity index (χ3n) is 2.68. The van der Waals surface area contributed by atoms with E-state index in [2.05, 4.69) is 0 Å². The van der Waals surface area contributed by atoms with E-state index in [9.17, 15) is 8.78 Å². The monoisotopic (exact) mass is 366 g/mol. The first-order valence-electron chi connectivity index (χ1n) is 5.76. The SMILES string of the molecule is F/C(I)=C(/F)c1ccc(OC2CCCCO2)cc1. The Bertz CT molecular complexity index is 421. The maximum atomic E-state index is 13.3. The second kappa shape index (κ2) is 6.47. The highest BCUT2D eigenvalue weighted by atomic mass is 127. The lowest BCUT2D eigenvalue weighted by Gasteiger charge is -2.23. The molecule has 1 aromatic rings. The van der Waals surface area contributed by atoms with E-state index in [0.29, 0.717) is 12.4 Å². The van der Waals surface area contributed by atoms with E-state index in [1.54, 1.807) is 12.1 Å². The number of halogens is 3. The van der Waals surface area contributed by atoms with Gasteiger partial charge < -0.3 is 9.47 Å². The number of rotatable bonds is 3. The van der Waals surface area contributed by atoms with Gasteiger partial charge >= 0.3 is 0 Å². The van der Waals surface area contributed by atoms with E-state index in [0.717, 1.165) is 19.3 Å². The lowest BCUT2D eigenvalue weighted by atomic mass is 10.2. The quantitative estimate of drug-likeness (QED) is 0.729. The molecule has 1 aliphatic rings. The van der Waals surface area contributed by atoms with Gasteiger partial charge in [0.25, 0.3) is 0 Å². The minimum atomic E-state index is -0.851. The van der Waals surface area contributed by atoms with Crippen LogP contribution in [0.3, 0.4) is 0 Å². The van der Waals surface area contributed by atoms with Gasteiger partial charge in [0, 0.05) is 12.0 Å². The van der Waals surface area contributed by atoms with Crippen LogP contribution in [0, 0.1) is 0 Å². The largest absolute Gasteiger partial charge is 0.465 e. The third-order valence-corrected chi connectivity index (χ3v) is 3.15. The summed E-state index contributed by atoms with van der Waals surface area (Å²) in [5, 5.41) is 0. The molecule has 1 aliphatic heterocycles. The van der Waals surface area contributed by atoms with Crippen molar-refractivity contribution in [1.29, 1.82) is 0 Å². The molecule has 0 amide bonds. The molecule has 1 aromatic carbocycles. The summed E-state index contributed by atoms with van der Waals surface area (Å²) in [7, 11) is 0. The zero-order chi connectivity index (χ0) is 13.0. The van der Waals surface area contributed by atoms with Crippen molar-refractivity contribution in [2.75, 3.05) is 6.61 Å². The van der Waals surface area contributed by atoms with Crippen LogP contribution >= 0.6 is 22.6 Å². The Morgan fingerprint density at radius 2 is 1.94 bits per heavy atom. The zero-order valence-electron chi connectivity index (χ0n) is 9.67. The highest BCUT2D eigenvalue weighted by Gasteiger charge is 2.15. The molecule has 2 nitrogen and oxygen atoms in total. The van der Waals surface area contributed by atoms with Crippen molar-refractivity contribution in [3.8, 4) is 5.75 Å². The Kier molecular flexibility index (Phi) is 4.94. The Hall–Kier alpha value is -0.690. The standard InChI is InChI=1S/C13H13F2IO2/c14-12(13(15)16)9-4-6-10(7-5-9)18-11-3-1-2-8-17-11/h4-7,11H,1-3,8H2/b13-12-. The van der Waals surface area contributed by atoms with E-state index in [-0.39, 0.29) is 11.9 Å². The molecule has 1 unspecified atom stereocenters. The number of ether oxygens (including phenoxy) is 2. The summed E-state index contributed by atoms with van der Waals surface area (Å²) in [6.45, 7) is 0.708. The molecule has 0 aromatic heterocycles. The van der Waals surface area contributed by atoms with Crippen molar-refractivity contribution in [3.05, 3.63) is 33.7 Å². The minimum absolute atomic E-state index is 0.207. The predicted molar refractivity (Wildman–Crippen MR) is 73.8 cm³/mol. The van der Waals surface area contributed by atoms with Crippen molar-refractivity contribution in [3.63, 3.8) is 0 Å². The van der Waals surface area contributed by atoms with Gasteiger partial charge in [-0.15, -0.1) is 0 Å². The molecule has 0 bridgehead atoms. The fourth-order valence-electron chi connectivity index (χ4n) is 1.74. The molecule has 1 heterocycles. The van der Waals surface area contributed by atoms with E-state index in [1.165, 1.54) is 34.7 Å². The van der Waals surface area contributed by atoms with Crippen LogP contribution in [0.15, 0.2) is 28.1 Å². The molecule has 2 rings (SSSR count). The number of hydrogen-bond donors (Lipinski definition) is 0. The van der Waals surface area contributed by atoms with Gasteiger partial charge in [-0.1, -0.05) is 0 Å². The maximum absolute atomic E-state index is 13.3. The average molecular weight is 366 g/mol. The summed E-state index contributed by atoms with van der Waals surface area (Å²) >= 11 is 1.31. The second-order valence-corrected chi connectivity index (χ2v) is 4.96. The molecule has 0 spiro atoms. The average Bonchev–Trinajstić information content (AvgIpc) is 2.40. The fraction of sp³-hybridized carbons (Fsp3) is 0.385. The van der Waals surface area contributed by atoms with Crippen molar-refractivity contribution >= 4 is 28.4 Å². The summed E-state index contributed by atoms with van der Waals surface area (Å²) in [6, 6.07) is 6.22. The molecule has 1 saturated heterocycles. The topological polar surface area (TPSA) is 18.5 Å². The Labute approximate surface area is 118 Å². The van der Waals surface area contributed by atoms with Crippen molar-refractivity contribution in [1.82, 2.24) is 0 Å². The van der Waals surface area contributed by atoms with Crippen molar-refractivity contribution in [2.45, 2.75) is 25.6 Å². The molecular weight excluding hydrogens is 353 g/mol. The van der Waals surface area contributed by atoms with Crippen molar-refractivity contribution in [2.24, 2.45) is 0 Å². The first-order chi connectivity index (χ1) is 8.66. The molecule has 1 atom stereocenters. The van der Waals surface area contributed by atoms with Gasteiger partial charge in [0.1, 0.15) is 5.75 Å². The first-order valence-corrected chi connectivity index (χ1v) is 6.84. The van der Waals surface area contributed by atoms with E-state index in [1.807, 2.05) is 0 Å². The summed E-state index contributed by atoms with van der Waals surface area (Å²) in [4.78, 5) is 0. The van der Waals surface area contributed by atoms with Crippen LogP contribution in [0.2, 0.25) is 0 Å². The normalized spacial score (nSPS) is 21.4. The van der Waals surface area contributed by atoms with E-state index < -0.39 is 9.66 Å². The molecule has 18 heavy (non-hydrogen) atoms. The van der Waals surface area contributed by atoms with Gasteiger partial charge in [0.05, 0.1) is 6.61 Å². The smallest absolute Gasteiger partial charge is 0.199 e. The zero-order valence-corrected chi connectivity index (χ0v) is 11.8. The lowest BCUT2D eigenvalue weighted by molar-refractivity contribution is -0.105. The molecule has 0 saturated carbocycles. The van der Waals surface area contributed by atoms with Gasteiger partial charge in [-0.05, 0) is 59.7 Å². The van der Waals surface area contributed by atoms with Gasteiger partial charge in [-0.2, -0.15) is 4.39 Å². The van der Waals surface area contributed by atoms with Crippen LogP contribution in [-0.2, 0) is 4.74 Å². The van der Waals surface area contributed by atoms with Crippen LogP contribution in [0.5, 0.6) is 5.75 Å². The Morgan fingerprint density at radius 3 is 2.50 bits per heavy atom. The highest BCUT2D eigenvalue weighted by Crippen LogP contribution is 2.27. The first kappa shape index (κ1) is 13.7. The predicted octanol–water partition coefficient (Wildman–Crippen LogP) is 4.59. The molecule has 0 aliphatic carbocycles. The summed E-state index contributed by atoms with van der Waals surface area (Å²) in [5.41, 5.74) is 0.207. The fourth-order valence-corrected chi connectivity index (χ4v) is 2.06. The van der Waals surface area contributed by atoms with Crippen molar-refractivity contribution < 1.29 is 18.3 Å². The molecule has 0 N–H and O–H groups in total. The highest BCUT2D eigenvalue weighted by molar-refractivity contribution is 14.1. The van der Waals surface area contributed by atoms with Crippen LogP contribution in [0.25, 0.3) is 5.83 Å². The third kappa shape index (κ3) is 3.65. The lowest BCUT2D eigenvalue weighted by Crippen LogP contribution is -2.24. The minimum Gasteiger partial charge on any atom is -0.465 e. The summed E-state index contributed by atoms with van der Waals surface area (Å²) in [5.74, 6) is -0.247. The van der Waals surface area contributed by atoms with Crippen LogP contribution in [0.4, 0.5) is 8.78 Å². The van der Waals surface area contributed by atoms with E-state index >= 15 is 0 Å². The molecule has 5 heteroatoms. The van der Waals surface area contributed by atoms with Crippen LogP contribution < -0.4 is 4.74 Å². The molecule has 0 radical (unpaired) electrons. The summed E-state index contributed by atoms with van der Waals surface area (Å²) < 4.78 is 36.1. The van der Waals surface area contributed by atoms with Gasteiger partial charge in [-0.3, -0.25) is 0 Å².